The van der Waals surface area contributed by atoms with E-state index in [2.05, 4.69) is 15.9 Å². The highest BCUT2D eigenvalue weighted by molar-refractivity contribution is 5.85. The SMILES string of the molecule is COc1ccccc1N1CCN(CC(O)COc2ccccc2N)CC1.Cl. The van der Waals surface area contributed by atoms with Crippen LogP contribution < -0.4 is 20.1 Å². The highest BCUT2D eigenvalue weighted by Crippen LogP contribution is 2.28. The molecule has 0 aliphatic carbocycles. The number of nitrogens with two attached hydrogens (primary N) is 1. The number of aliphatic hydroxyl groups excluding tert-OH is 1. The van der Waals surface area contributed by atoms with Crippen LogP contribution >= 0.6 is 12.4 Å². The predicted molar refractivity (Wildman–Crippen MR) is 111 cm³/mol. The van der Waals surface area contributed by atoms with E-state index in [9.17, 15) is 5.11 Å². The first-order valence-electron chi connectivity index (χ1n) is 8.93. The summed E-state index contributed by atoms with van der Waals surface area (Å²) >= 11 is 0. The molecule has 3 rings (SSSR count). The molecule has 6 nitrogen and oxygen atoms in total. The largest absolute Gasteiger partial charge is 0.495 e. The predicted octanol–water partition coefficient (Wildman–Crippen LogP) is 2.26. The number of piperazine rings is 1. The number of anilines is 2. The van der Waals surface area contributed by atoms with Gasteiger partial charge in [0.2, 0.25) is 0 Å². The lowest BCUT2D eigenvalue weighted by atomic mass is 10.2. The van der Waals surface area contributed by atoms with Gasteiger partial charge in [-0.3, -0.25) is 4.90 Å². The van der Waals surface area contributed by atoms with Gasteiger partial charge < -0.3 is 25.2 Å². The molecule has 1 heterocycles. The fraction of sp³-hybridized carbons (Fsp3) is 0.400. The Morgan fingerprint density at radius 1 is 1.00 bits per heavy atom. The van der Waals surface area contributed by atoms with Crippen LogP contribution in [0, 0.1) is 0 Å². The van der Waals surface area contributed by atoms with Crippen molar-refractivity contribution in [3.05, 3.63) is 48.5 Å². The van der Waals surface area contributed by atoms with Crippen molar-refractivity contribution in [1.29, 1.82) is 0 Å². The molecule has 0 aromatic heterocycles. The lowest BCUT2D eigenvalue weighted by Crippen LogP contribution is -2.49. The van der Waals surface area contributed by atoms with E-state index in [-0.39, 0.29) is 19.0 Å². The van der Waals surface area contributed by atoms with Crippen LogP contribution in [-0.2, 0) is 0 Å². The number of rotatable bonds is 7. The summed E-state index contributed by atoms with van der Waals surface area (Å²) in [5, 5.41) is 10.3. The van der Waals surface area contributed by atoms with Crippen LogP contribution in [0.1, 0.15) is 0 Å². The molecule has 0 radical (unpaired) electrons. The molecular formula is C20H28ClN3O3. The minimum Gasteiger partial charge on any atom is -0.495 e. The van der Waals surface area contributed by atoms with E-state index in [1.807, 2.05) is 36.4 Å². The van der Waals surface area contributed by atoms with Crippen molar-refractivity contribution in [2.45, 2.75) is 6.10 Å². The molecule has 0 spiro atoms. The van der Waals surface area contributed by atoms with E-state index < -0.39 is 6.10 Å². The first-order valence-corrected chi connectivity index (χ1v) is 8.93. The number of hydrogen-bond donors (Lipinski definition) is 2. The molecule has 1 atom stereocenters. The summed E-state index contributed by atoms with van der Waals surface area (Å²) in [6, 6.07) is 15.4. The Bertz CT molecular complexity index is 708. The Morgan fingerprint density at radius 2 is 1.63 bits per heavy atom. The van der Waals surface area contributed by atoms with Gasteiger partial charge in [-0.05, 0) is 24.3 Å². The number of nitrogen functional groups attached to an aromatic ring is 1. The van der Waals surface area contributed by atoms with E-state index in [1.165, 1.54) is 0 Å². The third kappa shape index (κ3) is 5.66. The molecule has 2 aromatic rings. The summed E-state index contributed by atoms with van der Waals surface area (Å²) in [4.78, 5) is 4.58. The zero-order valence-corrected chi connectivity index (χ0v) is 16.4. The quantitative estimate of drug-likeness (QED) is 0.703. The zero-order valence-electron chi connectivity index (χ0n) is 15.6. The average molecular weight is 394 g/mol. The number of methoxy groups -OCH3 is 1. The summed E-state index contributed by atoms with van der Waals surface area (Å²) in [6.07, 6.45) is -0.549. The molecule has 1 fully saturated rings. The fourth-order valence-electron chi connectivity index (χ4n) is 3.21. The summed E-state index contributed by atoms with van der Waals surface area (Å²) in [6.45, 7) is 4.41. The van der Waals surface area contributed by atoms with Crippen LogP contribution in [0.5, 0.6) is 11.5 Å². The third-order valence-corrected chi connectivity index (χ3v) is 4.62. The van der Waals surface area contributed by atoms with Crippen molar-refractivity contribution in [2.75, 3.05) is 57.1 Å². The normalized spacial score (nSPS) is 15.7. The molecule has 1 saturated heterocycles. The smallest absolute Gasteiger partial charge is 0.142 e. The van der Waals surface area contributed by atoms with Crippen LogP contribution in [0.3, 0.4) is 0 Å². The second-order valence-electron chi connectivity index (χ2n) is 6.46. The average Bonchev–Trinajstić information content (AvgIpc) is 2.68. The Morgan fingerprint density at radius 3 is 2.30 bits per heavy atom. The number of halogens is 1. The molecular weight excluding hydrogens is 366 g/mol. The number of β-amino-alcohol motifs (C(OH)–C–C–N with tert-alkyl or cyclic N) is 1. The number of aliphatic hydroxyl groups is 1. The summed E-state index contributed by atoms with van der Waals surface area (Å²) in [7, 11) is 1.70. The van der Waals surface area contributed by atoms with Crippen molar-refractivity contribution < 1.29 is 14.6 Å². The molecule has 1 aliphatic heterocycles. The Kier molecular flexibility index (Phi) is 8.03. The van der Waals surface area contributed by atoms with Gasteiger partial charge in [0.25, 0.3) is 0 Å². The molecule has 0 saturated carbocycles. The number of ether oxygens (including phenoxy) is 2. The fourth-order valence-corrected chi connectivity index (χ4v) is 3.21. The molecule has 0 bridgehead atoms. The summed E-state index contributed by atoms with van der Waals surface area (Å²) < 4.78 is 11.1. The molecule has 3 N–H and O–H groups in total. The lowest BCUT2D eigenvalue weighted by molar-refractivity contribution is 0.0665. The maximum Gasteiger partial charge on any atom is 0.142 e. The topological polar surface area (TPSA) is 71.2 Å². The van der Waals surface area contributed by atoms with Crippen LogP contribution in [-0.4, -0.2) is 62.6 Å². The number of para-hydroxylation sites is 4. The van der Waals surface area contributed by atoms with E-state index in [0.717, 1.165) is 37.6 Å². The van der Waals surface area contributed by atoms with Crippen molar-refractivity contribution in [3.8, 4) is 11.5 Å². The van der Waals surface area contributed by atoms with Crippen molar-refractivity contribution in [1.82, 2.24) is 4.90 Å². The third-order valence-electron chi connectivity index (χ3n) is 4.62. The Hall–Kier alpha value is -2.15. The maximum absolute atomic E-state index is 10.3. The van der Waals surface area contributed by atoms with Crippen molar-refractivity contribution in [2.24, 2.45) is 0 Å². The molecule has 148 valence electrons. The first-order chi connectivity index (χ1) is 12.7. The van der Waals surface area contributed by atoms with Gasteiger partial charge in [0, 0.05) is 32.7 Å². The lowest BCUT2D eigenvalue weighted by Gasteiger charge is -2.37. The van der Waals surface area contributed by atoms with Gasteiger partial charge in [0.1, 0.15) is 24.2 Å². The van der Waals surface area contributed by atoms with Gasteiger partial charge >= 0.3 is 0 Å². The molecule has 7 heteroatoms. The Balaban J connectivity index is 0.00000261. The van der Waals surface area contributed by atoms with Crippen LogP contribution in [0.4, 0.5) is 11.4 Å². The van der Waals surface area contributed by atoms with Crippen LogP contribution in [0.15, 0.2) is 48.5 Å². The second kappa shape index (κ2) is 10.3. The van der Waals surface area contributed by atoms with Gasteiger partial charge in [-0.1, -0.05) is 24.3 Å². The maximum atomic E-state index is 10.3. The van der Waals surface area contributed by atoms with Gasteiger partial charge in [-0.2, -0.15) is 0 Å². The molecule has 1 unspecified atom stereocenters. The highest BCUT2D eigenvalue weighted by Gasteiger charge is 2.21. The van der Waals surface area contributed by atoms with Crippen LogP contribution in [0.2, 0.25) is 0 Å². The van der Waals surface area contributed by atoms with E-state index in [1.54, 1.807) is 13.2 Å². The Labute approximate surface area is 166 Å². The summed E-state index contributed by atoms with van der Waals surface area (Å²) in [5.41, 5.74) is 7.56. The monoisotopic (exact) mass is 393 g/mol. The van der Waals surface area contributed by atoms with Gasteiger partial charge in [-0.15, -0.1) is 12.4 Å². The number of benzene rings is 2. The van der Waals surface area contributed by atoms with Gasteiger partial charge in [0.15, 0.2) is 0 Å². The standard InChI is InChI=1S/C20H27N3O3.ClH/c1-25-20-9-5-3-7-18(20)23-12-10-22(11-13-23)14-16(24)15-26-19-8-4-2-6-17(19)21;/h2-9,16,24H,10-15,21H2,1H3;1H. The van der Waals surface area contributed by atoms with E-state index >= 15 is 0 Å². The van der Waals surface area contributed by atoms with Crippen molar-refractivity contribution in [3.63, 3.8) is 0 Å². The minimum atomic E-state index is -0.549. The molecule has 27 heavy (non-hydrogen) atoms. The molecule has 0 amide bonds. The number of hydrogen-bond acceptors (Lipinski definition) is 6. The highest BCUT2D eigenvalue weighted by atomic mass is 35.5. The van der Waals surface area contributed by atoms with Crippen molar-refractivity contribution >= 4 is 23.8 Å². The molecule has 2 aromatic carbocycles. The summed E-state index contributed by atoms with van der Waals surface area (Å²) in [5.74, 6) is 1.52. The second-order valence-corrected chi connectivity index (χ2v) is 6.46. The number of nitrogens with zero attached hydrogens (tertiary/aromatic N) is 2. The van der Waals surface area contributed by atoms with Crippen LogP contribution in [0.25, 0.3) is 0 Å². The molecule has 1 aliphatic rings. The zero-order chi connectivity index (χ0) is 18.4. The minimum absolute atomic E-state index is 0. The van der Waals surface area contributed by atoms with E-state index in [4.69, 9.17) is 15.2 Å². The van der Waals surface area contributed by atoms with E-state index in [0.29, 0.717) is 18.0 Å². The first kappa shape index (κ1) is 21.2. The van der Waals surface area contributed by atoms with Gasteiger partial charge in [-0.25, -0.2) is 0 Å². The van der Waals surface area contributed by atoms with Gasteiger partial charge in [0.05, 0.1) is 18.5 Å².